The number of nitrogens with two attached hydrogens (primary N) is 1. The summed E-state index contributed by atoms with van der Waals surface area (Å²) in [6, 6.07) is 0. The second-order valence-electron chi connectivity index (χ2n) is 3.18. The van der Waals surface area contributed by atoms with Crippen molar-refractivity contribution in [2.45, 2.75) is 19.8 Å². The number of amides is 1. The number of rotatable bonds is 4. The van der Waals surface area contributed by atoms with Crippen LogP contribution in [0.3, 0.4) is 0 Å². The maximum Gasteiger partial charge on any atom is 0.232 e. The zero-order valence-corrected chi connectivity index (χ0v) is 9.82. The second-order valence-corrected chi connectivity index (χ2v) is 4.24. The van der Waals surface area contributed by atoms with Crippen LogP contribution in [0.25, 0.3) is 0 Å². The van der Waals surface area contributed by atoms with Crippen LogP contribution in [0.2, 0.25) is 0 Å². The van der Waals surface area contributed by atoms with Crippen molar-refractivity contribution in [3.05, 3.63) is 10.7 Å². The lowest BCUT2D eigenvalue weighted by Crippen LogP contribution is -2.15. The molecule has 8 nitrogen and oxygen atoms in total. The first kappa shape index (κ1) is 11.5. The lowest BCUT2D eigenvalue weighted by Gasteiger charge is -1.97. The van der Waals surface area contributed by atoms with E-state index in [1.807, 2.05) is 6.92 Å². The van der Waals surface area contributed by atoms with E-state index in [-0.39, 0.29) is 18.1 Å². The lowest BCUT2D eigenvalue weighted by molar-refractivity contribution is -0.115. The monoisotopic (exact) mass is 254 g/mol. The van der Waals surface area contributed by atoms with E-state index >= 15 is 0 Å². The number of hydrogen-bond donors (Lipinski definition) is 2. The molecular formula is C8H10N6O2S. The number of nitrogens with zero attached hydrogens (tertiary/aromatic N) is 4. The van der Waals surface area contributed by atoms with Crippen LogP contribution in [0.4, 0.5) is 10.9 Å². The molecule has 0 fully saturated rings. The molecular weight excluding hydrogens is 244 g/mol. The summed E-state index contributed by atoms with van der Waals surface area (Å²) in [7, 11) is 0. The zero-order chi connectivity index (χ0) is 12.3. The van der Waals surface area contributed by atoms with Gasteiger partial charge in [0.25, 0.3) is 0 Å². The summed E-state index contributed by atoms with van der Waals surface area (Å²) < 4.78 is 4.39. The summed E-state index contributed by atoms with van der Waals surface area (Å²) in [6.07, 6.45) is 0.782. The molecule has 0 spiro atoms. The molecule has 3 N–H and O–H groups in total. The van der Waals surface area contributed by atoms with E-state index in [9.17, 15) is 4.79 Å². The molecule has 1 amide bonds. The predicted molar refractivity (Wildman–Crippen MR) is 60.3 cm³/mol. The Morgan fingerprint density at radius 3 is 2.88 bits per heavy atom. The average Bonchev–Trinajstić information content (AvgIpc) is 2.89. The second kappa shape index (κ2) is 4.87. The first-order valence-electron chi connectivity index (χ1n) is 4.88. The van der Waals surface area contributed by atoms with Crippen molar-refractivity contribution < 1.29 is 9.42 Å². The lowest BCUT2D eigenvalue weighted by atomic mass is 10.3. The molecule has 0 saturated heterocycles. The van der Waals surface area contributed by atoms with Crippen LogP contribution in [-0.4, -0.2) is 26.4 Å². The van der Waals surface area contributed by atoms with E-state index in [1.165, 1.54) is 11.3 Å². The molecule has 0 aliphatic carbocycles. The number of carbonyl (C=O) groups is 1. The van der Waals surface area contributed by atoms with Crippen LogP contribution >= 0.6 is 11.3 Å². The van der Waals surface area contributed by atoms with Crippen molar-refractivity contribution in [2.24, 2.45) is 0 Å². The molecule has 0 bridgehead atoms. The molecule has 0 aromatic carbocycles. The molecule has 17 heavy (non-hydrogen) atoms. The van der Waals surface area contributed by atoms with Gasteiger partial charge in [-0.15, -0.1) is 10.2 Å². The fourth-order valence-electron chi connectivity index (χ4n) is 1.10. The molecule has 2 heterocycles. The fraction of sp³-hybridized carbons (Fsp3) is 0.375. The molecule has 2 aromatic heterocycles. The summed E-state index contributed by atoms with van der Waals surface area (Å²) >= 11 is 1.33. The molecule has 0 saturated carbocycles. The number of nitrogen functional groups attached to an aromatic ring is 1. The Hall–Kier alpha value is -2.03. The molecule has 0 aliphatic rings. The third-order valence-corrected chi connectivity index (χ3v) is 2.91. The van der Waals surface area contributed by atoms with Gasteiger partial charge in [-0.05, 0) is 11.6 Å². The van der Waals surface area contributed by atoms with Gasteiger partial charge in [-0.1, -0.05) is 23.4 Å². The molecule has 90 valence electrons. The van der Waals surface area contributed by atoms with Crippen LogP contribution in [0.5, 0.6) is 0 Å². The van der Waals surface area contributed by atoms with Gasteiger partial charge in [0.05, 0.1) is 6.42 Å². The zero-order valence-electron chi connectivity index (χ0n) is 9.01. The predicted octanol–water partition coefficient (Wildman–Crippen LogP) is 0.247. The van der Waals surface area contributed by atoms with Crippen LogP contribution in [-0.2, 0) is 17.6 Å². The van der Waals surface area contributed by atoms with Crippen molar-refractivity contribution in [3.8, 4) is 0 Å². The van der Waals surface area contributed by atoms with Gasteiger partial charge in [-0.2, -0.15) is 0 Å². The smallest absolute Gasteiger partial charge is 0.232 e. The van der Waals surface area contributed by atoms with E-state index in [4.69, 9.17) is 5.73 Å². The number of anilines is 2. The van der Waals surface area contributed by atoms with Crippen LogP contribution in [0, 0.1) is 0 Å². The topological polar surface area (TPSA) is 120 Å². The van der Waals surface area contributed by atoms with E-state index in [0.717, 1.165) is 11.4 Å². The van der Waals surface area contributed by atoms with Crippen LogP contribution in [0.15, 0.2) is 4.63 Å². The fourth-order valence-corrected chi connectivity index (χ4v) is 1.79. The molecule has 0 aliphatic heterocycles. The standard InChI is InChI=1S/C8H10N6O2S/c1-2-6-11-12-8(17-6)10-5(15)3-4-7(9)14-16-13-4/h2-3H2,1H3,(H2,9,14)(H,10,12,15). The summed E-state index contributed by atoms with van der Waals surface area (Å²) in [4.78, 5) is 11.6. The Bertz CT molecular complexity index is 522. The minimum atomic E-state index is -0.286. The van der Waals surface area contributed by atoms with Crippen molar-refractivity contribution in [2.75, 3.05) is 11.1 Å². The van der Waals surface area contributed by atoms with Gasteiger partial charge in [0.1, 0.15) is 10.7 Å². The SMILES string of the molecule is CCc1nnc(NC(=O)Cc2nonc2N)s1. The number of carbonyl (C=O) groups excluding carboxylic acids is 1. The number of nitrogens with one attached hydrogen (secondary N) is 1. The highest BCUT2D eigenvalue weighted by molar-refractivity contribution is 7.15. The van der Waals surface area contributed by atoms with Gasteiger partial charge in [0, 0.05) is 0 Å². The van der Waals surface area contributed by atoms with Crippen molar-refractivity contribution >= 4 is 28.2 Å². The van der Waals surface area contributed by atoms with E-state index < -0.39 is 0 Å². The maximum atomic E-state index is 11.6. The molecule has 2 rings (SSSR count). The van der Waals surface area contributed by atoms with Gasteiger partial charge in [-0.3, -0.25) is 4.79 Å². The van der Waals surface area contributed by atoms with E-state index in [0.29, 0.717) is 10.8 Å². The van der Waals surface area contributed by atoms with Gasteiger partial charge >= 0.3 is 0 Å². The summed E-state index contributed by atoms with van der Waals surface area (Å²) in [5.74, 6) is -0.169. The molecule has 9 heteroatoms. The number of aryl methyl sites for hydroxylation is 1. The third kappa shape index (κ3) is 2.75. The Balaban J connectivity index is 1.95. The van der Waals surface area contributed by atoms with Crippen molar-refractivity contribution in [1.29, 1.82) is 0 Å². The van der Waals surface area contributed by atoms with Gasteiger partial charge in [0.15, 0.2) is 5.82 Å². The Kier molecular flexibility index (Phi) is 3.28. The van der Waals surface area contributed by atoms with Gasteiger partial charge < -0.3 is 11.1 Å². The first-order chi connectivity index (χ1) is 8.19. The van der Waals surface area contributed by atoms with Crippen LogP contribution < -0.4 is 11.1 Å². The molecule has 0 atom stereocenters. The first-order valence-corrected chi connectivity index (χ1v) is 5.69. The number of hydrogen-bond acceptors (Lipinski definition) is 8. The largest absolute Gasteiger partial charge is 0.379 e. The Morgan fingerprint density at radius 1 is 1.47 bits per heavy atom. The third-order valence-electron chi connectivity index (χ3n) is 1.93. The Morgan fingerprint density at radius 2 is 2.29 bits per heavy atom. The summed E-state index contributed by atoms with van der Waals surface area (Å²) in [6.45, 7) is 1.97. The average molecular weight is 254 g/mol. The normalized spacial score (nSPS) is 10.4. The quantitative estimate of drug-likeness (QED) is 0.802. The summed E-state index contributed by atoms with van der Waals surface area (Å²) in [5.41, 5.74) is 5.74. The number of aromatic nitrogens is 4. The van der Waals surface area contributed by atoms with Gasteiger partial charge in [-0.25, -0.2) is 4.63 Å². The highest BCUT2D eigenvalue weighted by Gasteiger charge is 2.13. The molecule has 0 radical (unpaired) electrons. The van der Waals surface area contributed by atoms with E-state index in [2.05, 4.69) is 30.5 Å². The highest BCUT2D eigenvalue weighted by atomic mass is 32.1. The maximum absolute atomic E-state index is 11.6. The Labute approximate surface area is 100 Å². The molecule has 2 aromatic rings. The van der Waals surface area contributed by atoms with E-state index in [1.54, 1.807) is 0 Å². The minimum absolute atomic E-state index is 0.00360. The highest BCUT2D eigenvalue weighted by Crippen LogP contribution is 2.15. The summed E-state index contributed by atoms with van der Waals surface area (Å²) in [5, 5.41) is 18.5. The van der Waals surface area contributed by atoms with Crippen molar-refractivity contribution in [3.63, 3.8) is 0 Å². The van der Waals surface area contributed by atoms with Gasteiger partial charge in [0.2, 0.25) is 11.0 Å². The van der Waals surface area contributed by atoms with Crippen molar-refractivity contribution in [1.82, 2.24) is 20.5 Å². The molecule has 0 unspecified atom stereocenters. The minimum Gasteiger partial charge on any atom is -0.379 e. The van der Waals surface area contributed by atoms with Crippen LogP contribution in [0.1, 0.15) is 17.6 Å².